The summed E-state index contributed by atoms with van der Waals surface area (Å²) in [6, 6.07) is -1.55. The molecule has 1 amide bonds. The van der Waals surface area contributed by atoms with Crippen LogP contribution in [0.3, 0.4) is 0 Å². The maximum absolute atomic E-state index is 12.3. The standard InChI is InChI=1S/C42H76NO10P/c1-3-5-7-9-11-13-15-17-18-19-20-22-23-25-27-29-31-33-40(45)43-39(42(47)48)37-53-54(49,50)52-36-38(44)35-51-41(46)34-32-30-28-26-24-21-16-14-12-10-8-6-4-2/h5,7,11,13,17-18,38-39,44H,3-4,6,8-10,12,14-16,19-37H2,1-2H3,(H,43,45)(H,47,48)(H,49,50)/b7-5-,13-11-,18-17-. The number of aliphatic carboxylic acids is 1. The minimum atomic E-state index is -4.75. The Hall–Kier alpha value is -2.30. The predicted octanol–water partition coefficient (Wildman–Crippen LogP) is 10.4. The zero-order valence-corrected chi connectivity index (χ0v) is 34.7. The molecule has 12 heteroatoms. The third-order valence-electron chi connectivity index (χ3n) is 8.94. The summed E-state index contributed by atoms with van der Waals surface area (Å²) in [7, 11) is -4.75. The van der Waals surface area contributed by atoms with Gasteiger partial charge >= 0.3 is 19.8 Å². The monoisotopic (exact) mass is 786 g/mol. The van der Waals surface area contributed by atoms with Crippen LogP contribution in [0.4, 0.5) is 0 Å². The van der Waals surface area contributed by atoms with Crippen LogP contribution in [-0.4, -0.2) is 64.9 Å². The number of hydrogen-bond acceptors (Lipinski definition) is 8. The van der Waals surface area contributed by atoms with Crippen LogP contribution in [-0.2, 0) is 32.7 Å². The van der Waals surface area contributed by atoms with E-state index in [4.69, 9.17) is 13.8 Å². The molecular formula is C42H76NO10P. The molecule has 0 aliphatic rings. The summed E-state index contributed by atoms with van der Waals surface area (Å²) in [4.78, 5) is 45.8. The molecule has 3 atom stereocenters. The molecular weight excluding hydrogens is 709 g/mol. The maximum atomic E-state index is 12.3. The number of amides is 1. The smallest absolute Gasteiger partial charge is 0.472 e. The number of carbonyl (C=O) groups excluding carboxylic acids is 2. The highest BCUT2D eigenvalue weighted by atomic mass is 31.2. The summed E-state index contributed by atoms with van der Waals surface area (Å²) >= 11 is 0. The molecule has 0 aliphatic carbocycles. The molecule has 0 spiro atoms. The molecule has 0 aliphatic heterocycles. The lowest BCUT2D eigenvalue weighted by atomic mass is 10.0. The van der Waals surface area contributed by atoms with Crippen molar-refractivity contribution in [2.45, 2.75) is 193 Å². The van der Waals surface area contributed by atoms with E-state index in [0.29, 0.717) is 12.8 Å². The van der Waals surface area contributed by atoms with Crippen molar-refractivity contribution in [3.05, 3.63) is 36.5 Å². The Morgan fingerprint density at radius 1 is 0.611 bits per heavy atom. The number of nitrogens with one attached hydrogen (secondary N) is 1. The number of allylic oxidation sites excluding steroid dienone is 6. The summed E-state index contributed by atoms with van der Waals surface area (Å²) < 4.78 is 26.8. The minimum absolute atomic E-state index is 0.134. The van der Waals surface area contributed by atoms with Crippen molar-refractivity contribution in [3.63, 3.8) is 0 Å². The highest BCUT2D eigenvalue weighted by Crippen LogP contribution is 2.43. The van der Waals surface area contributed by atoms with E-state index < -0.39 is 57.6 Å². The number of unbranched alkanes of at least 4 members (excludes halogenated alkanes) is 19. The van der Waals surface area contributed by atoms with E-state index in [2.05, 4.69) is 55.6 Å². The van der Waals surface area contributed by atoms with Crippen LogP contribution in [0.1, 0.15) is 181 Å². The van der Waals surface area contributed by atoms with Crippen LogP contribution in [0, 0.1) is 0 Å². The number of aliphatic hydroxyl groups is 1. The van der Waals surface area contributed by atoms with Gasteiger partial charge in [-0.1, -0.05) is 159 Å². The van der Waals surface area contributed by atoms with Crippen LogP contribution in [0.25, 0.3) is 0 Å². The molecule has 0 rings (SSSR count). The van der Waals surface area contributed by atoms with Crippen molar-refractivity contribution in [1.29, 1.82) is 0 Å². The molecule has 3 unspecified atom stereocenters. The first kappa shape index (κ1) is 51.7. The molecule has 11 nitrogen and oxygen atoms in total. The minimum Gasteiger partial charge on any atom is -0.480 e. The number of rotatable bonds is 39. The lowest BCUT2D eigenvalue weighted by Gasteiger charge is -2.18. The molecule has 0 saturated carbocycles. The number of aliphatic hydroxyl groups excluding tert-OH is 1. The average Bonchev–Trinajstić information content (AvgIpc) is 3.14. The molecule has 0 saturated heterocycles. The number of ether oxygens (including phenoxy) is 1. The largest absolute Gasteiger partial charge is 0.480 e. The lowest BCUT2D eigenvalue weighted by Crippen LogP contribution is -2.43. The van der Waals surface area contributed by atoms with Crippen LogP contribution in [0.2, 0.25) is 0 Å². The number of esters is 1. The molecule has 0 fully saturated rings. The molecule has 314 valence electrons. The van der Waals surface area contributed by atoms with Crippen LogP contribution in [0.15, 0.2) is 36.5 Å². The second-order valence-corrected chi connectivity index (χ2v) is 15.6. The summed E-state index contributed by atoms with van der Waals surface area (Å²) in [5, 5.41) is 21.8. The van der Waals surface area contributed by atoms with Gasteiger partial charge in [0.05, 0.1) is 13.2 Å². The Morgan fingerprint density at radius 3 is 1.61 bits per heavy atom. The van der Waals surface area contributed by atoms with Crippen molar-refractivity contribution in [2.24, 2.45) is 0 Å². The van der Waals surface area contributed by atoms with Gasteiger partial charge in [-0.05, 0) is 44.9 Å². The Morgan fingerprint density at radius 2 is 1.07 bits per heavy atom. The van der Waals surface area contributed by atoms with Gasteiger partial charge in [0.15, 0.2) is 6.04 Å². The second kappa shape index (κ2) is 37.6. The highest BCUT2D eigenvalue weighted by Gasteiger charge is 2.28. The summed E-state index contributed by atoms with van der Waals surface area (Å²) in [5.74, 6) is -2.38. The summed E-state index contributed by atoms with van der Waals surface area (Å²) in [6.07, 6.45) is 38.8. The first-order valence-corrected chi connectivity index (χ1v) is 22.5. The molecule has 0 radical (unpaired) electrons. The Bertz CT molecular complexity index is 1060. The number of phosphoric acid groups is 1. The van der Waals surface area contributed by atoms with Gasteiger partial charge in [0, 0.05) is 12.8 Å². The zero-order valence-electron chi connectivity index (χ0n) is 33.8. The van der Waals surface area contributed by atoms with E-state index in [1.54, 1.807) is 0 Å². The maximum Gasteiger partial charge on any atom is 0.472 e. The third-order valence-corrected chi connectivity index (χ3v) is 9.89. The quantitative estimate of drug-likeness (QED) is 0.0204. The van der Waals surface area contributed by atoms with Gasteiger partial charge in [-0.25, -0.2) is 9.36 Å². The van der Waals surface area contributed by atoms with Crippen LogP contribution < -0.4 is 5.32 Å². The fraction of sp³-hybridized carbons (Fsp3) is 0.786. The van der Waals surface area contributed by atoms with Gasteiger partial charge in [0.2, 0.25) is 5.91 Å². The highest BCUT2D eigenvalue weighted by molar-refractivity contribution is 7.47. The molecule has 0 aromatic rings. The van der Waals surface area contributed by atoms with E-state index in [-0.39, 0.29) is 12.8 Å². The SMILES string of the molecule is CC/C=C\C/C=C\C/C=C\CCCCCCCCCC(=O)NC(COP(=O)(O)OCC(O)COC(=O)CCCCCCCCCCCCCCC)C(=O)O. The average molecular weight is 786 g/mol. The fourth-order valence-electron chi connectivity index (χ4n) is 5.68. The second-order valence-electron chi connectivity index (χ2n) is 14.2. The summed E-state index contributed by atoms with van der Waals surface area (Å²) in [5.41, 5.74) is 0. The van der Waals surface area contributed by atoms with E-state index in [0.717, 1.165) is 83.5 Å². The van der Waals surface area contributed by atoms with Crippen molar-refractivity contribution >= 4 is 25.7 Å². The third kappa shape index (κ3) is 36.7. The molecule has 0 aromatic carbocycles. The van der Waals surface area contributed by atoms with E-state index in [9.17, 15) is 34.1 Å². The van der Waals surface area contributed by atoms with Crippen molar-refractivity contribution < 1.29 is 47.8 Å². The van der Waals surface area contributed by atoms with E-state index in [1.165, 1.54) is 57.8 Å². The number of hydrogen-bond donors (Lipinski definition) is 4. The number of carboxylic acid groups (broad SMARTS) is 1. The molecule has 0 aromatic heterocycles. The molecule has 54 heavy (non-hydrogen) atoms. The Kier molecular flexibility index (Phi) is 36.0. The molecule has 0 bridgehead atoms. The van der Waals surface area contributed by atoms with Gasteiger partial charge in [0.25, 0.3) is 0 Å². The van der Waals surface area contributed by atoms with Crippen LogP contribution >= 0.6 is 7.82 Å². The lowest BCUT2D eigenvalue weighted by molar-refractivity contribution is -0.147. The normalized spacial score (nSPS) is 14.1. The van der Waals surface area contributed by atoms with Gasteiger partial charge in [-0.3, -0.25) is 18.6 Å². The van der Waals surface area contributed by atoms with Gasteiger partial charge < -0.3 is 25.2 Å². The molecule has 4 N–H and O–H groups in total. The zero-order chi connectivity index (χ0) is 40.0. The first-order chi connectivity index (χ1) is 26.1. The van der Waals surface area contributed by atoms with Gasteiger partial charge in [0.1, 0.15) is 12.7 Å². The van der Waals surface area contributed by atoms with Crippen LogP contribution in [0.5, 0.6) is 0 Å². The van der Waals surface area contributed by atoms with Crippen molar-refractivity contribution in [2.75, 3.05) is 19.8 Å². The first-order valence-electron chi connectivity index (χ1n) is 21.0. The van der Waals surface area contributed by atoms with Crippen molar-refractivity contribution in [1.82, 2.24) is 5.32 Å². The van der Waals surface area contributed by atoms with E-state index in [1.807, 2.05) is 0 Å². The van der Waals surface area contributed by atoms with E-state index >= 15 is 0 Å². The summed E-state index contributed by atoms with van der Waals surface area (Å²) in [6.45, 7) is 2.47. The topological polar surface area (TPSA) is 169 Å². The molecule has 0 heterocycles. The Labute approximate surface area is 327 Å². The van der Waals surface area contributed by atoms with Gasteiger partial charge in [-0.15, -0.1) is 0 Å². The number of carbonyl (C=O) groups is 3. The number of carboxylic acids is 1. The predicted molar refractivity (Wildman–Crippen MR) is 217 cm³/mol. The van der Waals surface area contributed by atoms with Gasteiger partial charge in [-0.2, -0.15) is 0 Å². The van der Waals surface area contributed by atoms with Crippen molar-refractivity contribution in [3.8, 4) is 0 Å². The Balaban J connectivity index is 3.93. The number of phosphoric ester groups is 1. The fourth-order valence-corrected chi connectivity index (χ4v) is 6.45.